The van der Waals surface area contributed by atoms with Gasteiger partial charge in [-0.15, -0.1) is 11.6 Å². The lowest BCUT2D eigenvalue weighted by Gasteiger charge is -2.24. The third kappa shape index (κ3) is 3.82. The van der Waals surface area contributed by atoms with Gasteiger partial charge < -0.3 is 14.8 Å². The van der Waals surface area contributed by atoms with E-state index in [9.17, 15) is 0 Å². The summed E-state index contributed by atoms with van der Waals surface area (Å²) in [6.45, 7) is 2.32. The molecular formula is C13H24ClNO2. The third-order valence-electron chi connectivity index (χ3n) is 3.94. The van der Waals surface area contributed by atoms with E-state index in [1.165, 1.54) is 38.5 Å². The quantitative estimate of drug-likeness (QED) is 0.745. The minimum Gasteiger partial charge on any atom is -0.383 e. The van der Waals surface area contributed by atoms with E-state index in [2.05, 4.69) is 5.32 Å². The molecule has 0 amide bonds. The van der Waals surface area contributed by atoms with E-state index in [1.807, 2.05) is 0 Å². The smallest absolute Gasteiger partial charge is 0.0708 e. The number of ether oxygens (including phenoxy) is 2. The van der Waals surface area contributed by atoms with Gasteiger partial charge in [0.15, 0.2) is 0 Å². The van der Waals surface area contributed by atoms with Crippen molar-refractivity contribution in [2.75, 3.05) is 26.8 Å². The predicted octanol–water partition coefficient (Wildman–Crippen LogP) is 2.32. The molecule has 0 aromatic heterocycles. The fourth-order valence-electron chi connectivity index (χ4n) is 3.07. The molecule has 2 atom stereocenters. The number of alkyl halides is 1. The molecule has 4 heteroatoms. The molecule has 1 spiro atoms. The van der Waals surface area contributed by atoms with Gasteiger partial charge in [0.2, 0.25) is 0 Å². The molecule has 2 rings (SSSR count). The topological polar surface area (TPSA) is 30.5 Å². The highest BCUT2D eigenvalue weighted by atomic mass is 35.5. The molecule has 1 N–H and O–H groups in total. The Morgan fingerprint density at radius 1 is 1.41 bits per heavy atom. The highest BCUT2D eigenvalue weighted by Gasteiger charge is 2.41. The van der Waals surface area contributed by atoms with Crippen LogP contribution in [-0.4, -0.2) is 43.9 Å². The molecule has 0 bridgehead atoms. The van der Waals surface area contributed by atoms with Gasteiger partial charge in [-0.1, -0.05) is 12.8 Å². The van der Waals surface area contributed by atoms with Gasteiger partial charge in [0.05, 0.1) is 23.7 Å². The number of hydrogen-bond donors (Lipinski definition) is 1. The molecule has 1 saturated carbocycles. The van der Waals surface area contributed by atoms with Crippen molar-refractivity contribution in [3.8, 4) is 0 Å². The molecule has 2 aliphatic rings. The van der Waals surface area contributed by atoms with Crippen LogP contribution in [0, 0.1) is 0 Å². The lowest BCUT2D eigenvalue weighted by Crippen LogP contribution is -2.34. The second kappa shape index (κ2) is 6.37. The molecule has 2 unspecified atom stereocenters. The van der Waals surface area contributed by atoms with Crippen molar-refractivity contribution in [1.82, 2.24) is 5.32 Å². The van der Waals surface area contributed by atoms with Crippen LogP contribution in [0.15, 0.2) is 0 Å². The first-order valence-electron chi connectivity index (χ1n) is 6.76. The van der Waals surface area contributed by atoms with Crippen LogP contribution in [-0.2, 0) is 9.47 Å². The van der Waals surface area contributed by atoms with Crippen LogP contribution >= 0.6 is 11.6 Å². The van der Waals surface area contributed by atoms with Crippen LogP contribution in [0.4, 0.5) is 0 Å². The van der Waals surface area contributed by atoms with Crippen molar-refractivity contribution in [3.63, 3.8) is 0 Å². The van der Waals surface area contributed by atoms with Gasteiger partial charge >= 0.3 is 0 Å². The van der Waals surface area contributed by atoms with Crippen molar-refractivity contribution < 1.29 is 9.47 Å². The lowest BCUT2D eigenvalue weighted by molar-refractivity contribution is -0.0350. The van der Waals surface area contributed by atoms with Crippen LogP contribution in [0.2, 0.25) is 0 Å². The van der Waals surface area contributed by atoms with Crippen molar-refractivity contribution in [2.24, 2.45) is 0 Å². The molecule has 100 valence electrons. The maximum Gasteiger partial charge on any atom is 0.0708 e. The van der Waals surface area contributed by atoms with Crippen molar-refractivity contribution >= 4 is 11.6 Å². The van der Waals surface area contributed by atoms with Gasteiger partial charge in [0.1, 0.15) is 0 Å². The van der Waals surface area contributed by atoms with Crippen molar-refractivity contribution in [2.45, 2.75) is 55.6 Å². The van der Waals surface area contributed by atoms with Gasteiger partial charge in [0, 0.05) is 20.2 Å². The van der Waals surface area contributed by atoms with E-state index in [0.29, 0.717) is 12.7 Å². The molecule has 17 heavy (non-hydrogen) atoms. The highest BCUT2D eigenvalue weighted by Crippen LogP contribution is 2.43. The molecule has 0 aromatic carbocycles. The minimum atomic E-state index is 0.0573. The van der Waals surface area contributed by atoms with E-state index >= 15 is 0 Å². The molecular weight excluding hydrogens is 238 g/mol. The predicted molar refractivity (Wildman–Crippen MR) is 69.7 cm³/mol. The summed E-state index contributed by atoms with van der Waals surface area (Å²) in [7, 11) is 1.68. The summed E-state index contributed by atoms with van der Waals surface area (Å²) in [5.74, 6) is 0. The number of rotatable bonds is 6. The Kier molecular flexibility index (Phi) is 5.10. The zero-order valence-corrected chi connectivity index (χ0v) is 11.5. The number of hydrogen-bond acceptors (Lipinski definition) is 3. The summed E-state index contributed by atoms with van der Waals surface area (Å²) in [6, 6.07) is 0. The summed E-state index contributed by atoms with van der Waals surface area (Å²) in [5.41, 5.74) is 0.249. The summed E-state index contributed by atoms with van der Waals surface area (Å²) >= 11 is 6.06. The fraction of sp³-hybridized carbons (Fsp3) is 1.00. The Morgan fingerprint density at radius 3 is 2.88 bits per heavy atom. The largest absolute Gasteiger partial charge is 0.383 e. The van der Waals surface area contributed by atoms with E-state index in [-0.39, 0.29) is 11.0 Å². The third-order valence-corrected chi connectivity index (χ3v) is 4.22. The fourth-order valence-corrected chi connectivity index (χ4v) is 3.30. The van der Waals surface area contributed by atoms with Crippen LogP contribution in [0.25, 0.3) is 0 Å². The number of nitrogens with one attached hydrogen (secondary N) is 1. The molecule has 0 radical (unpaired) electrons. The SMILES string of the molecule is COCC(Cl)CNCC1CCC2(CCCC2)O1. The normalized spacial score (nSPS) is 28.9. The Bertz CT molecular complexity index is 231. The lowest BCUT2D eigenvalue weighted by atomic mass is 9.98. The summed E-state index contributed by atoms with van der Waals surface area (Å²) in [5, 5.41) is 3.44. The Hall–Kier alpha value is 0.170. The van der Waals surface area contributed by atoms with Crippen molar-refractivity contribution in [3.05, 3.63) is 0 Å². The van der Waals surface area contributed by atoms with E-state index in [0.717, 1.165) is 13.1 Å². The van der Waals surface area contributed by atoms with Gasteiger partial charge in [0.25, 0.3) is 0 Å². The zero-order chi connectivity index (χ0) is 12.1. The second-order valence-corrected chi connectivity index (χ2v) is 6.00. The molecule has 1 aliphatic carbocycles. The monoisotopic (exact) mass is 261 g/mol. The van der Waals surface area contributed by atoms with E-state index in [4.69, 9.17) is 21.1 Å². The summed E-state index contributed by atoms with van der Waals surface area (Å²) < 4.78 is 11.2. The van der Waals surface area contributed by atoms with Crippen LogP contribution in [0.5, 0.6) is 0 Å². The molecule has 1 heterocycles. The van der Waals surface area contributed by atoms with Crippen molar-refractivity contribution in [1.29, 1.82) is 0 Å². The van der Waals surface area contributed by atoms with Gasteiger partial charge in [-0.25, -0.2) is 0 Å². The van der Waals surface area contributed by atoms with Crippen LogP contribution < -0.4 is 5.32 Å². The summed E-state index contributed by atoms with van der Waals surface area (Å²) in [6.07, 6.45) is 8.07. The van der Waals surface area contributed by atoms with E-state index < -0.39 is 0 Å². The maximum atomic E-state index is 6.21. The molecule has 1 saturated heterocycles. The highest BCUT2D eigenvalue weighted by molar-refractivity contribution is 6.20. The molecule has 1 aliphatic heterocycles. The number of halogens is 1. The first kappa shape index (κ1) is 13.6. The Morgan fingerprint density at radius 2 is 2.18 bits per heavy atom. The molecule has 2 fully saturated rings. The first-order chi connectivity index (χ1) is 8.24. The van der Waals surface area contributed by atoms with E-state index in [1.54, 1.807) is 7.11 Å². The Labute approximate surface area is 109 Å². The van der Waals surface area contributed by atoms with Crippen LogP contribution in [0.3, 0.4) is 0 Å². The summed E-state index contributed by atoms with van der Waals surface area (Å²) in [4.78, 5) is 0. The molecule has 0 aromatic rings. The van der Waals surface area contributed by atoms with Gasteiger partial charge in [-0.2, -0.15) is 0 Å². The minimum absolute atomic E-state index is 0.0573. The Balaban J connectivity index is 1.61. The van der Waals surface area contributed by atoms with Crippen LogP contribution in [0.1, 0.15) is 38.5 Å². The first-order valence-corrected chi connectivity index (χ1v) is 7.19. The number of methoxy groups -OCH3 is 1. The van der Waals surface area contributed by atoms with Gasteiger partial charge in [-0.3, -0.25) is 0 Å². The second-order valence-electron chi connectivity index (χ2n) is 5.38. The maximum absolute atomic E-state index is 6.21. The average Bonchev–Trinajstić information content (AvgIpc) is 2.91. The average molecular weight is 262 g/mol. The standard InChI is InChI=1S/C13H24ClNO2/c1-16-10-11(14)8-15-9-12-4-7-13(17-12)5-2-3-6-13/h11-12,15H,2-10H2,1H3. The van der Waals surface area contributed by atoms with Gasteiger partial charge in [-0.05, 0) is 25.7 Å². The molecule has 3 nitrogen and oxygen atoms in total. The zero-order valence-electron chi connectivity index (χ0n) is 10.7.